The summed E-state index contributed by atoms with van der Waals surface area (Å²) in [5.41, 5.74) is 0. The van der Waals surface area contributed by atoms with Gasteiger partial charge in [0.05, 0.1) is 0 Å². The second-order valence-corrected chi connectivity index (χ2v) is 0. The second kappa shape index (κ2) is 17700. The van der Waals surface area contributed by atoms with Crippen molar-refractivity contribution in [1.29, 1.82) is 0 Å². The maximum atomic E-state index is 7.50. The van der Waals surface area contributed by atoms with Crippen molar-refractivity contribution in [3.05, 3.63) is 0 Å². The van der Waals surface area contributed by atoms with E-state index in [1.165, 1.54) is 0 Å². The molecule has 0 aliphatic heterocycles. The number of hydrogen-bond acceptors (Lipinski definition) is 4. The van der Waals surface area contributed by atoms with Gasteiger partial charge in [0, 0.05) is 16.8 Å². The normalized spacial score (nSPS) is 1.60. The molecule has 10 heavy (non-hydrogen) atoms. The minimum atomic E-state index is 0. The Morgan fingerprint density at radius 1 is 0.500 bits per heavy atom. The average Bonchev–Trinajstić information content (AvgIpc) is 2.03. The Kier molecular flexibility index (Phi) is 86800. The molecular formula is C4HCoNaO4. The summed E-state index contributed by atoms with van der Waals surface area (Å²) in [4.78, 5) is 30.0. The molecule has 0 aromatic rings. The molecule has 0 N–H and O–H groups in total. The SMILES string of the molecule is [C]=O.[C]=O.[C]=O.[C]=O.[Co].[NaH]. The van der Waals surface area contributed by atoms with Crippen LogP contribution in [0, 0.1) is 0 Å². The van der Waals surface area contributed by atoms with Gasteiger partial charge in [-0.1, -0.05) is 0 Å². The van der Waals surface area contributed by atoms with E-state index in [2.05, 4.69) is 27.2 Å². The summed E-state index contributed by atoms with van der Waals surface area (Å²) in [6, 6.07) is 0. The predicted octanol–water partition coefficient (Wildman–Crippen LogP) is -2.24. The third-order valence-corrected chi connectivity index (χ3v) is 0. The van der Waals surface area contributed by atoms with Crippen LogP contribution in [0.3, 0.4) is 0 Å². The predicted molar refractivity (Wildman–Crippen MR) is 29.9 cm³/mol. The minimum absolute atomic E-state index is 0. The molecule has 0 spiro atoms. The topological polar surface area (TPSA) is 68.3 Å². The monoisotopic (exact) mass is 195 g/mol. The van der Waals surface area contributed by atoms with Gasteiger partial charge in [-0.3, -0.25) is 19.2 Å². The van der Waals surface area contributed by atoms with Crippen LogP contribution in [-0.4, -0.2) is 56.7 Å². The fourth-order valence-electron chi connectivity index (χ4n) is 0. The van der Waals surface area contributed by atoms with E-state index in [0.29, 0.717) is 0 Å². The Labute approximate surface area is 92.2 Å². The van der Waals surface area contributed by atoms with Crippen LogP contribution in [-0.2, 0) is 36.0 Å². The molecule has 0 aromatic heterocycles. The summed E-state index contributed by atoms with van der Waals surface area (Å²) >= 11 is 0. The van der Waals surface area contributed by atoms with Crippen molar-refractivity contribution in [2.75, 3.05) is 0 Å². The molecule has 0 unspecified atom stereocenters. The first kappa shape index (κ1) is 49.0. The Bertz CT molecular complexity index is 25.2. The summed E-state index contributed by atoms with van der Waals surface area (Å²) in [5.74, 6) is 0. The zero-order valence-corrected chi connectivity index (χ0v) is 5.01. The molecule has 0 aliphatic rings. The second-order valence-electron chi connectivity index (χ2n) is 0. The molecule has 0 saturated heterocycles. The van der Waals surface area contributed by atoms with E-state index in [1.54, 1.807) is 0 Å². The van der Waals surface area contributed by atoms with Gasteiger partial charge >= 0.3 is 29.6 Å². The van der Waals surface area contributed by atoms with E-state index in [4.69, 9.17) is 19.2 Å². The summed E-state index contributed by atoms with van der Waals surface area (Å²) in [6.45, 7) is 18.0. The van der Waals surface area contributed by atoms with Gasteiger partial charge in [0.15, 0.2) is 0 Å². The van der Waals surface area contributed by atoms with Crippen LogP contribution in [0.15, 0.2) is 0 Å². The van der Waals surface area contributed by atoms with Gasteiger partial charge in [0.25, 0.3) is 27.2 Å². The van der Waals surface area contributed by atoms with Crippen LogP contribution in [0.2, 0.25) is 0 Å². The zero-order valence-electron chi connectivity index (χ0n) is 3.97. The summed E-state index contributed by atoms with van der Waals surface area (Å²) in [5, 5.41) is 0. The Morgan fingerprint density at radius 3 is 0.500 bits per heavy atom. The van der Waals surface area contributed by atoms with Crippen molar-refractivity contribution in [2.45, 2.75) is 0 Å². The summed E-state index contributed by atoms with van der Waals surface area (Å²) in [6.07, 6.45) is 0. The molecule has 0 heterocycles. The van der Waals surface area contributed by atoms with Gasteiger partial charge in [-0.05, 0) is 0 Å². The quantitative estimate of drug-likeness (QED) is 0.410. The van der Waals surface area contributed by atoms with Crippen molar-refractivity contribution in [1.82, 2.24) is 0 Å². The van der Waals surface area contributed by atoms with E-state index in [0.717, 1.165) is 0 Å². The number of hydrogen-bond donors (Lipinski definition) is 0. The Hall–Kier alpha value is 0.186. The van der Waals surface area contributed by atoms with Gasteiger partial charge in [-0.15, -0.1) is 0 Å². The van der Waals surface area contributed by atoms with E-state index >= 15 is 0 Å². The third-order valence-electron chi connectivity index (χ3n) is 0. The van der Waals surface area contributed by atoms with Gasteiger partial charge < -0.3 is 0 Å². The fraction of sp³-hybridized carbons (Fsp3) is 0. The van der Waals surface area contributed by atoms with Gasteiger partial charge in [0.2, 0.25) is 0 Å². The van der Waals surface area contributed by atoms with E-state index in [9.17, 15) is 0 Å². The van der Waals surface area contributed by atoms with Crippen LogP contribution in [0.5, 0.6) is 0 Å². The first-order chi connectivity index (χ1) is 4.00. The number of carbonyl (C=O) groups excluding carboxylic acids is 4. The van der Waals surface area contributed by atoms with Crippen molar-refractivity contribution in [3.8, 4) is 0 Å². The molecule has 0 saturated carbocycles. The molecule has 6 heteroatoms. The molecule has 9 radical (unpaired) electrons. The van der Waals surface area contributed by atoms with E-state index < -0.39 is 0 Å². The fourth-order valence-corrected chi connectivity index (χ4v) is 0. The molecule has 0 atom stereocenters. The Morgan fingerprint density at radius 2 is 0.500 bits per heavy atom. The average molecular weight is 195 g/mol. The van der Waals surface area contributed by atoms with Gasteiger partial charge in [-0.2, -0.15) is 0 Å². The molecular weight excluding hydrogens is 194 g/mol. The molecule has 51 valence electrons. The van der Waals surface area contributed by atoms with Gasteiger partial charge in [-0.25, -0.2) is 0 Å². The number of rotatable bonds is 0. The summed E-state index contributed by atoms with van der Waals surface area (Å²) < 4.78 is 0. The van der Waals surface area contributed by atoms with Crippen molar-refractivity contribution in [3.63, 3.8) is 0 Å². The maximum absolute atomic E-state index is 7.50. The summed E-state index contributed by atoms with van der Waals surface area (Å²) in [7, 11) is 0. The van der Waals surface area contributed by atoms with Crippen LogP contribution >= 0.6 is 0 Å². The standard InChI is InChI=1S/4CO.Co.Na.H/c4*1-2;;;. The third kappa shape index (κ3) is 12200. The molecule has 0 rings (SSSR count). The first-order valence-electron chi connectivity index (χ1n) is 0.816. The molecule has 4 nitrogen and oxygen atoms in total. The van der Waals surface area contributed by atoms with Crippen LogP contribution in [0.1, 0.15) is 0 Å². The van der Waals surface area contributed by atoms with E-state index in [-0.39, 0.29) is 46.3 Å². The Balaban J connectivity index is -0.00000000500. The zero-order chi connectivity index (χ0) is 8.00. The van der Waals surface area contributed by atoms with E-state index in [1.807, 2.05) is 0 Å². The first-order valence-corrected chi connectivity index (χ1v) is 0.816. The van der Waals surface area contributed by atoms with Crippen LogP contribution in [0.4, 0.5) is 0 Å². The van der Waals surface area contributed by atoms with Crippen molar-refractivity contribution < 1.29 is 36.0 Å². The molecule has 0 aromatic carbocycles. The molecule has 0 fully saturated rings. The van der Waals surface area contributed by atoms with Crippen molar-refractivity contribution >= 4 is 56.7 Å². The molecule has 0 aliphatic carbocycles. The van der Waals surface area contributed by atoms with Crippen LogP contribution < -0.4 is 0 Å². The molecule has 0 bridgehead atoms. The van der Waals surface area contributed by atoms with Crippen LogP contribution in [0.25, 0.3) is 0 Å². The van der Waals surface area contributed by atoms with Gasteiger partial charge in [0.1, 0.15) is 0 Å². The van der Waals surface area contributed by atoms with Crippen molar-refractivity contribution in [2.24, 2.45) is 0 Å². The molecule has 0 amide bonds.